The molecule has 0 aromatic carbocycles. The molecule has 0 aliphatic carbocycles. The Morgan fingerprint density at radius 1 is 1.19 bits per heavy atom. The van der Waals surface area contributed by atoms with Crippen LogP contribution in [0.1, 0.15) is 0 Å². The Labute approximate surface area is 91.0 Å². The number of hydrogen-bond donors (Lipinski definition) is 1. The normalized spacial score (nSPS) is 11.8. The maximum absolute atomic E-state index is 11.2. The fraction of sp³-hybridized carbons (Fsp3) is 0. The molecule has 0 aliphatic rings. The van der Waals surface area contributed by atoms with Crippen molar-refractivity contribution in [3.63, 3.8) is 0 Å². The van der Waals surface area contributed by atoms with Gasteiger partial charge in [0.15, 0.2) is 0 Å². The Morgan fingerprint density at radius 2 is 1.69 bits per heavy atom. The van der Waals surface area contributed by atoms with E-state index in [1.54, 1.807) is 0 Å². The van der Waals surface area contributed by atoms with E-state index in [9.17, 15) is 19.7 Å². The van der Waals surface area contributed by atoms with E-state index in [0.717, 1.165) is 24.3 Å². The van der Waals surface area contributed by atoms with Gasteiger partial charge >= 0.3 is 5.97 Å². The third-order valence-electron chi connectivity index (χ3n) is 1.47. The Bertz CT molecular complexity index is 417. The topological polar surface area (TPSA) is 97.5 Å². The van der Waals surface area contributed by atoms with Gasteiger partial charge in [-0.3, -0.25) is 14.9 Å². The van der Waals surface area contributed by atoms with Gasteiger partial charge in [-0.25, -0.2) is 4.79 Å². The summed E-state index contributed by atoms with van der Waals surface area (Å²) < 4.78 is 0. The maximum atomic E-state index is 11.2. The van der Waals surface area contributed by atoms with Gasteiger partial charge in [0.1, 0.15) is 5.57 Å². The van der Waals surface area contributed by atoms with Crippen LogP contribution < -0.4 is 0 Å². The van der Waals surface area contributed by atoms with Crippen LogP contribution in [0.15, 0.2) is 48.7 Å². The van der Waals surface area contributed by atoms with E-state index in [4.69, 9.17) is 5.11 Å². The first-order valence-electron chi connectivity index (χ1n) is 4.03. The largest absolute Gasteiger partial charge is 0.475 e. The van der Waals surface area contributed by atoms with Crippen molar-refractivity contribution in [2.45, 2.75) is 0 Å². The highest BCUT2D eigenvalue weighted by atomic mass is 16.6. The minimum absolute atomic E-state index is 0.549. The highest BCUT2D eigenvalue weighted by molar-refractivity contribution is 6.40. The van der Waals surface area contributed by atoms with Gasteiger partial charge < -0.3 is 5.11 Å². The van der Waals surface area contributed by atoms with E-state index in [0.29, 0.717) is 0 Å². The zero-order valence-electron chi connectivity index (χ0n) is 8.25. The number of Topliss-reactive ketones (excluding diaryl/α,β-unsaturated/α-hetero) is 1. The number of hydrogen-bond acceptors (Lipinski definition) is 4. The van der Waals surface area contributed by atoms with Crippen LogP contribution in [0, 0.1) is 10.1 Å². The van der Waals surface area contributed by atoms with Gasteiger partial charge in [-0.2, -0.15) is 0 Å². The Morgan fingerprint density at radius 3 is 2.00 bits per heavy atom. The third-order valence-corrected chi connectivity index (χ3v) is 1.47. The van der Waals surface area contributed by atoms with Gasteiger partial charge in [0.05, 0.1) is 4.92 Å². The first-order chi connectivity index (χ1) is 7.45. The van der Waals surface area contributed by atoms with Crippen molar-refractivity contribution in [3.05, 3.63) is 58.8 Å². The molecule has 0 unspecified atom stereocenters. The highest BCUT2D eigenvalue weighted by Crippen LogP contribution is 2.12. The molecule has 0 aliphatic heterocycles. The molecule has 0 radical (unpaired) electrons. The van der Waals surface area contributed by atoms with E-state index >= 15 is 0 Å². The van der Waals surface area contributed by atoms with Gasteiger partial charge in [-0.1, -0.05) is 25.3 Å². The molecule has 1 N–H and O–H groups in total. The second-order valence-electron chi connectivity index (χ2n) is 2.50. The Kier molecular flexibility index (Phi) is 5.12. The molecule has 84 valence electrons. The number of rotatable bonds is 6. The molecule has 0 amide bonds. The number of ketones is 1. The molecular formula is C10H9NO5. The highest BCUT2D eigenvalue weighted by Gasteiger charge is 2.27. The molecule has 0 saturated heterocycles. The third kappa shape index (κ3) is 3.33. The molecule has 0 saturated carbocycles. The van der Waals surface area contributed by atoms with Crippen LogP contribution in [0.5, 0.6) is 0 Å². The summed E-state index contributed by atoms with van der Waals surface area (Å²) in [6.07, 6.45) is 4.09. The summed E-state index contributed by atoms with van der Waals surface area (Å²) in [5.74, 6) is -3.14. The van der Waals surface area contributed by atoms with Crippen molar-refractivity contribution < 1.29 is 19.6 Å². The van der Waals surface area contributed by atoms with Gasteiger partial charge in [-0.05, 0) is 6.08 Å². The first-order valence-corrected chi connectivity index (χ1v) is 4.03. The zero-order chi connectivity index (χ0) is 12.7. The molecule has 0 aromatic rings. The minimum Gasteiger partial charge on any atom is -0.475 e. The number of carboxylic acid groups (broad SMARTS) is 1. The minimum atomic E-state index is -1.77. The lowest BCUT2D eigenvalue weighted by atomic mass is 10.1. The summed E-state index contributed by atoms with van der Waals surface area (Å²) in [6, 6.07) is 0. The average molecular weight is 223 g/mol. The van der Waals surface area contributed by atoms with Crippen molar-refractivity contribution in [1.82, 2.24) is 0 Å². The van der Waals surface area contributed by atoms with E-state index in [1.807, 2.05) is 0 Å². The summed E-state index contributed by atoms with van der Waals surface area (Å²) in [7, 11) is 0. The van der Waals surface area contributed by atoms with E-state index in [2.05, 4.69) is 13.2 Å². The quantitative estimate of drug-likeness (QED) is 0.239. The standard InChI is InChI=1S/C10H9NO5/c1-3-5-7(9(12)10(13)14)8(6-4-2)11(15)16/h3-6H,1-2H2,(H,13,14)/b7-5+,8-6+. The van der Waals surface area contributed by atoms with Crippen molar-refractivity contribution in [1.29, 1.82) is 0 Å². The van der Waals surface area contributed by atoms with E-state index < -0.39 is 27.9 Å². The van der Waals surface area contributed by atoms with Crippen LogP contribution in [0.25, 0.3) is 0 Å². The first kappa shape index (κ1) is 13.5. The van der Waals surface area contributed by atoms with Gasteiger partial charge in [0.25, 0.3) is 11.5 Å². The lowest BCUT2D eigenvalue weighted by Crippen LogP contribution is -2.19. The second-order valence-corrected chi connectivity index (χ2v) is 2.50. The van der Waals surface area contributed by atoms with Crippen molar-refractivity contribution in [3.8, 4) is 0 Å². The lowest BCUT2D eigenvalue weighted by Gasteiger charge is -1.99. The lowest BCUT2D eigenvalue weighted by molar-refractivity contribution is -0.420. The fourth-order valence-corrected chi connectivity index (χ4v) is 0.871. The number of carbonyl (C=O) groups is 2. The van der Waals surface area contributed by atoms with Crippen LogP contribution in [0.2, 0.25) is 0 Å². The number of aliphatic carboxylic acids is 1. The smallest absolute Gasteiger partial charge is 0.377 e. The summed E-state index contributed by atoms with van der Waals surface area (Å²) >= 11 is 0. The summed E-state index contributed by atoms with van der Waals surface area (Å²) in [4.78, 5) is 31.3. The van der Waals surface area contributed by atoms with Crippen molar-refractivity contribution in [2.75, 3.05) is 0 Å². The number of nitrogens with zero attached hydrogens (tertiary/aromatic N) is 1. The van der Waals surface area contributed by atoms with Gasteiger partial charge in [-0.15, -0.1) is 0 Å². The van der Waals surface area contributed by atoms with Gasteiger partial charge in [0.2, 0.25) is 0 Å². The molecular weight excluding hydrogens is 214 g/mol. The summed E-state index contributed by atoms with van der Waals surface area (Å²) in [5, 5.41) is 19.1. The van der Waals surface area contributed by atoms with Crippen LogP contribution in [0.4, 0.5) is 0 Å². The molecule has 0 rings (SSSR count). The molecule has 0 spiro atoms. The predicted octanol–water partition coefficient (Wildman–Crippen LogP) is 1.10. The summed E-state index contributed by atoms with van der Waals surface area (Å²) in [6.45, 7) is 6.48. The molecule has 16 heavy (non-hydrogen) atoms. The van der Waals surface area contributed by atoms with Crippen LogP contribution in [0.3, 0.4) is 0 Å². The number of allylic oxidation sites excluding steroid dienone is 5. The molecule has 0 bridgehead atoms. The van der Waals surface area contributed by atoms with Crippen molar-refractivity contribution >= 4 is 11.8 Å². The second kappa shape index (κ2) is 6.07. The molecule has 0 heterocycles. The van der Waals surface area contributed by atoms with Gasteiger partial charge in [0, 0.05) is 6.08 Å². The molecule has 0 aromatic heterocycles. The monoisotopic (exact) mass is 223 g/mol. The fourth-order valence-electron chi connectivity index (χ4n) is 0.871. The average Bonchev–Trinajstić information content (AvgIpc) is 2.21. The van der Waals surface area contributed by atoms with Crippen LogP contribution in [-0.4, -0.2) is 21.8 Å². The van der Waals surface area contributed by atoms with Crippen LogP contribution >= 0.6 is 0 Å². The molecule has 0 atom stereocenters. The number of nitro groups is 1. The van der Waals surface area contributed by atoms with E-state index in [1.165, 1.54) is 0 Å². The molecule has 0 fully saturated rings. The van der Waals surface area contributed by atoms with Crippen LogP contribution in [-0.2, 0) is 9.59 Å². The SMILES string of the molecule is C=C/C=C(C(=O)C(=O)O)\C(=C/C=C)[N+](=O)[O-]. The van der Waals surface area contributed by atoms with E-state index in [-0.39, 0.29) is 0 Å². The Balaban J connectivity index is 5.61. The Hall–Kier alpha value is -2.50. The number of carbonyl (C=O) groups excluding carboxylic acids is 1. The molecule has 6 heteroatoms. The predicted molar refractivity (Wildman–Crippen MR) is 56.2 cm³/mol. The summed E-state index contributed by atoms with van der Waals surface area (Å²) in [5.41, 5.74) is -1.19. The zero-order valence-corrected chi connectivity index (χ0v) is 8.25. The van der Waals surface area contributed by atoms with Crippen molar-refractivity contribution in [2.24, 2.45) is 0 Å². The number of carboxylic acids is 1. The maximum Gasteiger partial charge on any atom is 0.377 e. The molecule has 6 nitrogen and oxygen atoms in total.